The maximum absolute atomic E-state index is 12.1. The zero-order chi connectivity index (χ0) is 87.1. The number of amides is 3. The first kappa shape index (κ1) is 375. The number of nitrogens with two attached hydrogens (primary N) is 20. The van der Waals surface area contributed by atoms with Crippen LogP contribution in [0.3, 0.4) is 0 Å². The van der Waals surface area contributed by atoms with Crippen LogP contribution in [0.1, 0.15) is 17.8 Å². The van der Waals surface area contributed by atoms with Gasteiger partial charge in [-0.05, 0) is 30.5 Å². The fourth-order valence-corrected chi connectivity index (χ4v) is 2.03. The quantitative estimate of drug-likeness (QED) is 0.0348. The van der Waals surface area contributed by atoms with Gasteiger partial charge in [-0.2, -0.15) is 16.7 Å². The monoisotopic (exact) mass is 4200 g/mol. The number of rotatable bonds is 1. The number of urea groups is 1. The Morgan fingerprint density at radius 2 is 0.710 bits per heavy atom. The molecule has 72 nitrogen and oxygen atoms in total. The van der Waals surface area contributed by atoms with Crippen molar-refractivity contribution >= 4 is 189 Å². The summed E-state index contributed by atoms with van der Waals surface area (Å²) in [6.07, 6.45) is 1.18. The Balaban J connectivity index is -0.00000000912. The number of benzene rings is 2. The number of nitrogens with one attached hydrogen (secondary N) is 3. The number of hydrogen-bond donors (Lipinski definition) is 7. The molecule has 0 aliphatic carbocycles. The van der Waals surface area contributed by atoms with E-state index in [0.29, 0.717) is 11.5 Å². The summed E-state index contributed by atoms with van der Waals surface area (Å²) in [5, 5.41) is 129. The SMILES string of the molecule is C.C=C1[N-]C(=O)C(F)=CN1.O=C=O.O=NO.O=N[O-].O=N[O-].O=N[O-].O=N[O-].O=N[O-].O=N[O-].O=N[O-].O=N[O-].O=N[O-].O=N[O-].O=[As]=O.O=[Se]O.OB1Oc2ccccc2O1.[CH2-]OC(=O)c1ccccc1O.[CH3-].[CH3-].[CH3-].[CH3-].[CH3-].[CH3-].[CH3-].[CH3-].[CH3-].[Cl][Pt+2][Cl].[Cl][Pt].[Cl][Pt].[Cl][Pt].[Cl][Pt].[Cl][Pt].[Cl][Pt].[Cl][Pt][Br].[Cl][Pt][Cl].[F][Pt][Cl].[NH-]C(=O)NO.[NH2-].[NH2-].[NH2-].[NH2-].[NH2-].[NH2-].[NH2-].[NH2-].[NH2-].[NH2-].[NH2-].[NH2-].[NH2-].[NH2-].[NH2-].[NH2-].[NH2-].[NH2-].[NH2-].[NH2-]. The number of para-hydroxylation sites is 3. The van der Waals surface area contributed by atoms with Crippen molar-refractivity contribution < 1.29 is 261 Å². The van der Waals surface area contributed by atoms with E-state index in [9.17, 15) is 17.1 Å². The number of fused-ring (bicyclic) bond motifs is 1. The van der Waals surface area contributed by atoms with Gasteiger partial charge in [0.1, 0.15) is 17.2 Å². The molecule has 0 fully saturated rings. The third-order valence-electron chi connectivity index (χ3n) is 3.47. The molecule has 100 heteroatoms. The number of nitrogens with zero attached hydrogens (tertiary/aromatic N) is 12. The van der Waals surface area contributed by atoms with Gasteiger partial charge in [-0.3, -0.25) is 9.59 Å². The van der Waals surface area contributed by atoms with Crippen LogP contribution in [0.15, 0.2) is 132 Å². The van der Waals surface area contributed by atoms with E-state index in [0.717, 1.165) is 65.1 Å². The summed E-state index contributed by atoms with van der Waals surface area (Å²) < 4.78 is 68.6. The van der Waals surface area contributed by atoms with Gasteiger partial charge in [0, 0.05) is 0 Å². The van der Waals surface area contributed by atoms with E-state index in [2.05, 4.69) is 108 Å². The summed E-state index contributed by atoms with van der Waals surface area (Å²) in [4.78, 5) is 135. The first-order valence-corrected chi connectivity index (χ1v) is 58.6. The predicted octanol–water partition coefficient (Wildman–Crippen LogP) is 31.6. The van der Waals surface area contributed by atoms with Crippen molar-refractivity contribution in [3.8, 4) is 17.2 Å². The van der Waals surface area contributed by atoms with Crippen molar-refractivity contribution in [2.45, 2.75) is 7.43 Å². The molecule has 2 radical (unpaired) electrons. The minimum absolute atomic E-state index is 0. The van der Waals surface area contributed by atoms with E-state index < -0.39 is 113 Å². The fourth-order valence-electron chi connectivity index (χ4n) is 2.03. The van der Waals surface area contributed by atoms with E-state index in [1.807, 2.05) is 12.1 Å². The first-order chi connectivity index (χ1) is 48.0. The second-order valence-electron chi connectivity index (χ2n) is 7.12. The first-order valence-electron chi connectivity index (χ1n) is 16.0. The number of phenols is 1. The van der Waals surface area contributed by atoms with Crippen molar-refractivity contribution in [3.63, 3.8) is 0 Å². The molecular weight excluding hydrogens is 4110 g/mol. The molecule has 2 heterocycles. The third kappa shape index (κ3) is 840. The van der Waals surface area contributed by atoms with Gasteiger partial charge in [0.25, 0.3) is 0 Å². The molecule has 3 amide bonds. The van der Waals surface area contributed by atoms with Crippen LogP contribution in [0.5, 0.6) is 17.2 Å². The number of hydrogen-bond acceptors (Lipinski definition) is 47. The van der Waals surface area contributed by atoms with Crippen LogP contribution in [0.4, 0.5) is 12.3 Å². The molecule has 131 heavy (non-hydrogen) atoms. The Bertz CT molecular complexity index is 1980. The second-order valence-corrected chi connectivity index (χ2v) is 21.1. The van der Waals surface area contributed by atoms with Gasteiger partial charge in [0.15, 0.2) is 17.2 Å². The Labute approximate surface area is 924 Å². The molecule has 0 bridgehead atoms. The van der Waals surface area contributed by atoms with Crippen LogP contribution in [-0.2, 0) is 210 Å². The number of phenolic OH excluding ortho intramolecular Hbond substituents is 1. The van der Waals surface area contributed by atoms with Gasteiger partial charge in [0.2, 0.25) is 5.91 Å². The van der Waals surface area contributed by atoms with Crippen LogP contribution in [0.25, 0.3) is 134 Å². The summed E-state index contributed by atoms with van der Waals surface area (Å²) in [6, 6.07) is 12.1. The minimum Gasteiger partial charge on any atom is -0.693 e. The summed E-state index contributed by atoms with van der Waals surface area (Å²) >= 11 is 6.98. The van der Waals surface area contributed by atoms with Crippen LogP contribution < -0.4 is 20.1 Å². The third-order valence-corrected chi connectivity index (χ3v) is 3.47. The molecule has 4 rings (SSSR count). The normalized spacial score (nSPS) is 5.55. The van der Waals surface area contributed by atoms with Gasteiger partial charge >= 0.3 is 374 Å². The number of carbonyl (C=O) groups is 3. The van der Waals surface area contributed by atoms with Gasteiger partial charge < -0.3 is 347 Å². The number of hydroxylamine groups is 1. The number of ether oxygens (including phenoxy) is 1. The molecule has 0 spiro atoms. The molecule has 2 aromatic carbocycles. The van der Waals surface area contributed by atoms with E-state index in [1.165, 1.54) is 17.5 Å². The van der Waals surface area contributed by atoms with Crippen molar-refractivity contribution in [1.29, 1.82) is 0 Å². The minimum atomic E-state index is -1.81. The summed E-state index contributed by atoms with van der Waals surface area (Å²) in [5.41, 5.74) is 7.01. The van der Waals surface area contributed by atoms with Gasteiger partial charge in [0.05, 0.1) is 5.56 Å². The van der Waals surface area contributed by atoms with Crippen molar-refractivity contribution in [2.75, 3.05) is 0 Å². The summed E-state index contributed by atoms with van der Waals surface area (Å²) in [5.74, 6) is -1.14. The molecule has 0 atom stereocenters. The molecule has 0 unspecified atom stereocenters. The van der Waals surface area contributed by atoms with E-state index in [1.54, 1.807) is 137 Å². The molecule has 872 valence electrons. The van der Waals surface area contributed by atoms with Crippen molar-refractivity contribution in [2.24, 2.45) is 58.7 Å². The topological polar surface area (TPSA) is 1550 Å². The summed E-state index contributed by atoms with van der Waals surface area (Å²) in [6.45, 7) is 3.29. The zero-order valence-electron chi connectivity index (χ0n) is 64.6. The van der Waals surface area contributed by atoms with Gasteiger partial charge in [-0.1, -0.05) is 37.5 Å². The Morgan fingerprint density at radius 1 is 0.573 bits per heavy atom. The maximum Gasteiger partial charge on any atom is 0.169 e. The molecular formula is C31H92AsBBrCl12F2N35O37Pt10Se-40. The number of aromatic hydroxyl groups is 1. The smallest absolute Gasteiger partial charge is 0.169 e. The summed E-state index contributed by atoms with van der Waals surface area (Å²) in [7, 11) is 58.5. The van der Waals surface area contributed by atoms with Crippen LogP contribution in [-0.4, -0.2) is 87.0 Å². The standard InChI is InChI=1S/C8H7O3.C6H5BO3.C5H5FN2O.CH4N2O2.CO2.CH4.9CH3.AsO2.BrH.12ClH.FH.11HNO2.20H2N.HO2Se.10Pt/c1-11-8(10)6-4-2-3-5-7(6)9;8-7-9-5-3-1-2-4-6(5)10-7;1-3-7-2-4(6)5(9)8-3;2-1(4)3-5;2-1-3;;;;;;;;;;;2-1-3;;;;;;;;;;;;;;;11*2-1-3;;;;;;;;;;;;;;;;;;;;;1-3-2;;;;;;;;;;/h2-5,9H,1H2;1-4,8H;2H,1H2,(H2,7,8,9);(H4,2,3,4,5);;1H4;9*1H3;;14*1H;11*(H,2,3);20*1H2;(H,1,2);;;;;;;;;;/q-1;;;;;;9*-1;;;;;;;;;;;;;;;;;;;;;;;;;;;20*-1;;6*+1;3*+2;+4/p-26. The second kappa shape index (κ2) is 553. The molecule has 0 saturated carbocycles. The maximum atomic E-state index is 12.1. The van der Waals surface area contributed by atoms with Crippen LogP contribution >= 0.6 is 126 Å². The molecule has 0 saturated heterocycles. The Hall–Kier alpha value is -1.56. The molecule has 48 N–H and O–H groups in total. The van der Waals surface area contributed by atoms with E-state index in [-0.39, 0.29) is 236 Å². The molecule has 2 aliphatic rings. The number of esters is 1. The van der Waals surface area contributed by atoms with Crippen LogP contribution in [0.2, 0.25) is 0 Å². The number of halogens is 15. The average Bonchev–Trinajstić information content (AvgIpc) is 1.74. The predicted molar refractivity (Wildman–Crippen MR) is 489 cm³/mol. The Morgan fingerprint density at radius 3 is 0.824 bits per heavy atom. The number of carbonyl (C=O) groups excluding carboxylic acids is 5. The van der Waals surface area contributed by atoms with E-state index in [4.69, 9.17) is 219 Å². The average molecular weight is 4210 g/mol. The molecule has 0 aromatic heterocycles. The molecule has 2 aliphatic heterocycles. The van der Waals surface area contributed by atoms with E-state index >= 15 is 0 Å². The Kier molecular flexibility index (Phi) is 1580. The van der Waals surface area contributed by atoms with Gasteiger partial charge in [-0.15, -0.1) is 64.9 Å². The van der Waals surface area contributed by atoms with Crippen molar-refractivity contribution in [1.82, 2.24) is 10.8 Å². The zero-order valence-corrected chi connectivity index (χ0v) is 102. The largest absolute Gasteiger partial charge is 0.693 e. The van der Waals surface area contributed by atoms with Crippen LogP contribution in [0, 0.1) is 180 Å². The fraction of sp³-hybridized carbons (Fsp3) is 0.0323. The van der Waals surface area contributed by atoms with Crippen molar-refractivity contribution in [3.05, 3.63) is 393 Å². The van der Waals surface area contributed by atoms with Gasteiger partial charge in [-0.25, -0.2) is 9.18 Å². The molecule has 2 aromatic rings.